The summed E-state index contributed by atoms with van der Waals surface area (Å²) in [6.45, 7) is 9.83. The van der Waals surface area contributed by atoms with Gasteiger partial charge in [-0.1, -0.05) is 18.2 Å². The average molecular weight is 635 g/mol. The highest BCUT2D eigenvalue weighted by molar-refractivity contribution is 7.89. The second-order valence-corrected chi connectivity index (χ2v) is 14.0. The fourth-order valence-electron chi connectivity index (χ4n) is 4.25. The van der Waals surface area contributed by atoms with Gasteiger partial charge in [-0.15, -0.1) is 0 Å². The minimum absolute atomic E-state index is 0.0134. The molecule has 0 bridgehead atoms. The molecule has 3 heterocycles. The number of rotatable bonds is 10. The summed E-state index contributed by atoms with van der Waals surface area (Å²) in [5.41, 5.74) is 0.329. The lowest BCUT2D eigenvalue weighted by atomic mass is 10.0. The molecule has 45 heavy (non-hydrogen) atoms. The van der Waals surface area contributed by atoms with Crippen molar-refractivity contribution in [3.8, 4) is 5.69 Å². The molecule has 0 radical (unpaired) electrons. The first-order valence-electron chi connectivity index (χ1n) is 14.3. The van der Waals surface area contributed by atoms with Crippen LogP contribution in [0.25, 0.3) is 5.69 Å². The van der Waals surface area contributed by atoms with Gasteiger partial charge in [0.05, 0.1) is 17.4 Å². The Morgan fingerprint density at radius 3 is 2.22 bits per heavy atom. The highest BCUT2D eigenvalue weighted by Gasteiger charge is 2.30. The predicted molar refractivity (Wildman–Crippen MR) is 168 cm³/mol. The molecular weight excluding hydrogens is 596 g/mol. The monoisotopic (exact) mass is 634 g/mol. The summed E-state index contributed by atoms with van der Waals surface area (Å²) in [7, 11) is -4.03. The zero-order chi connectivity index (χ0) is 32.8. The maximum absolute atomic E-state index is 13.4. The number of anilines is 1. The maximum atomic E-state index is 13.4. The van der Waals surface area contributed by atoms with Gasteiger partial charge in [0.2, 0.25) is 10.0 Å². The number of ether oxygens (including phenoxy) is 2. The Kier molecular flexibility index (Phi) is 10.0. The van der Waals surface area contributed by atoms with Crippen LogP contribution in [-0.4, -0.2) is 58.0 Å². The summed E-state index contributed by atoms with van der Waals surface area (Å²) in [5.74, 6) is -0.570. The number of nitrogens with one attached hydrogen (secondary N) is 1. The van der Waals surface area contributed by atoms with Gasteiger partial charge in [-0.2, -0.15) is 5.10 Å². The first-order chi connectivity index (χ1) is 21.1. The van der Waals surface area contributed by atoms with E-state index in [4.69, 9.17) is 9.47 Å². The molecule has 0 saturated heterocycles. The average Bonchev–Trinajstić information content (AvgIpc) is 3.50. The van der Waals surface area contributed by atoms with Crippen LogP contribution in [0.15, 0.2) is 90.3 Å². The van der Waals surface area contributed by atoms with Gasteiger partial charge in [-0.25, -0.2) is 27.6 Å². The van der Waals surface area contributed by atoms with E-state index in [1.54, 1.807) is 70.6 Å². The van der Waals surface area contributed by atoms with E-state index in [9.17, 15) is 18.0 Å². The van der Waals surface area contributed by atoms with Crippen molar-refractivity contribution in [2.24, 2.45) is 0 Å². The molecule has 0 saturated carbocycles. The molecular formula is C32H38N6O6S. The normalized spacial score (nSPS) is 12.8. The zero-order valence-corrected chi connectivity index (χ0v) is 27.0. The van der Waals surface area contributed by atoms with Crippen LogP contribution in [0, 0.1) is 0 Å². The summed E-state index contributed by atoms with van der Waals surface area (Å²) in [4.78, 5) is 35.8. The number of amides is 1. The van der Waals surface area contributed by atoms with Crippen LogP contribution in [0.1, 0.15) is 58.8 Å². The van der Waals surface area contributed by atoms with Gasteiger partial charge in [0.1, 0.15) is 28.5 Å². The molecule has 238 valence electrons. The van der Waals surface area contributed by atoms with Crippen molar-refractivity contribution in [1.29, 1.82) is 0 Å². The second kappa shape index (κ2) is 13.6. The standard InChI is InChI=1S/C32H38N6O6S/c1-31(2,3)43-29(39)22-37(30(40)44-32(4,5)6)28-12-7-11-26(35-28)27(36-45(41,42)25-10-8-17-33-21-25)20-23-13-15-24(16-14-23)38-19-9-18-34-38/h7-19,21,27,36H,20,22H2,1-6H3. The minimum atomic E-state index is -4.03. The number of nitrogens with zero attached hydrogens (tertiary/aromatic N) is 5. The van der Waals surface area contributed by atoms with E-state index in [0.717, 1.165) is 16.2 Å². The van der Waals surface area contributed by atoms with Crippen molar-refractivity contribution < 1.29 is 27.5 Å². The van der Waals surface area contributed by atoms with Crippen molar-refractivity contribution in [1.82, 2.24) is 24.5 Å². The minimum Gasteiger partial charge on any atom is -0.459 e. The topological polar surface area (TPSA) is 146 Å². The quantitative estimate of drug-likeness (QED) is 0.238. The van der Waals surface area contributed by atoms with Gasteiger partial charge in [-0.3, -0.25) is 14.7 Å². The van der Waals surface area contributed by atoms with E-state index >= 15 is 0 Å². The Balaban J connectivity index is 1.71. The number of carbonyl (C=O) groups excluding carboxylic acids is 2. The van der Waals surface area contributed by atoms with Gasteiger partial charge in [0.15, 0.2) is 0 Å². The Labute approximate surface area is 263 Å². The third kappa shape index (κ3) is 9.68. The Morgan fingerprint density at radius 2 is 1.62 bits per heavy atom. The Bertz CT molecular complexity index is 1700. The van der Waals surface area contributed by atoms with E-state index in [0.29, 0.717) is 5.69 Å². The van der Waals surface area contributed by atoms with Crippen LogP contribution in [0.5, 0.6) is 0 Å². The number of aromatic nitrogens is 4. The Morgan fingerprint density at radius 1 is 0.911 bits per heavy atom. The molecule has 0 aliphatic carbocycles. The molecule has 1 unspecified atom stereocenters. The first kappa shape index (κ1) is 33.3. The van der Waals surface area contributed by atoms with Crippen LogP contribution < -0.4 is 9.62 Å². The largest absolute Gasteiger partial charge is 0.459 e. The van der Waals surface area contributed by atoms with Gasteiger partial charge in [-0.05, 0) is 96.0 Å². The van der Waals surface area contributed by atoms with E-state index in [1.807, 2.05) is 36.5 Å². The number of pyridine rings is 2. The van der Waals surface area contributed by atoms with E-state index in [-0.39, 0.29) is 17.1 Å². The number of esters is 1. The number of hydrogen-bond donors (Lipinski definition) is 1. The zero-order valence-electron chi connectivity index (χ0n) is 26.2. The Hall–Kier alpha value is -4.62. The van der Waals surface area contributed by atoms with Gasteiger partial charge in [0, 0.05) is 24.8 Å². The molecule has 0 aliphatic heterocycles. The molecule has 1 N–H and O–H groups in total. The maximum Gasteiger partial charge on any atom is 0.416 e. The van der Waals surface area contributed by atoms with Crippen LogP contribution in [-0.2, 0) is 30.7 Å². The predicted octanol–water partition coefficient (Wildman–Crippen LogP) is 5.01. The number of benzene rings is 1. The van der Waals surface area contributed by atoms with Crippen LogP contribution in [0.3, 0.4) is 0 Å². The third-order valence-electron chi connectivity index (χ3n) is 6.10. The van der Waals surface area contributed by atoms with Crippen molar-refractivity contribution >= 4 is 27.9 Å². The molecule has 1 aromatic carbocycles. The molecule has 4 aromatic rings. The van der Waals surface area contributed by atoms with Crippen molar-refractivity contribution in [3.63, 3.8) is 0 Å². The van der Waals surface area contributed by atoms with Crippen molar-refractivity contribution in [2.45, 2.75) is 70.1 Å². The third-order valence-corrected chi connectivity index (χ3v) is 7.55. The van der Waals surface area contributed by atoms with Crippen LogP contribution >= 0.6 is 0 Å². The van der Waals surface area contributed by atoms with Gasteiger partial charge < -0.3 is 9.47 Å². The first-order valence-corrected chi connectivity index (χ1v) is 15.8. The molecule has 12 nitrogen and oxygen atoms in total. The van der Waals surface area contributed by atoms with Gasteiger partial charge >= 0.3 is 12.1 Å². The summed E-state index contributed by atoms with van der Waals surface area (Å²) in [6, 6.07) is 16.3. The highest BCUT2D eigenvalue weighted by atomic mass is 32.2. The summed E-state index contributed by atoms with van der Waals surface area (Å²) < 4.78 is 42.4. The molecule has 13 heteroatoms. The SMILES string of the molecule is CC(C)(C)OC(=O)CN(C(=O)OC(C)(C)C)c1cccc(C(Cc2ccc(-n3cccn3)cc2)NS(=O)(=O)c2cccnc2)n1. The molecule has 3 aromatic heterocycles. The van der Waals surface area contributed by atoms with E-state index in [1.165, 1.54) is 24.5 Å². The van der Waals surface area contributed by atoms with E-state index < -0.39 is 45.9 Å². The number of sulfonamides is 1. The lowest BCUT2D eigenvalue weighted by Crippen LogP contribution is -2.42. The summed E-state index contributed by atoms with van der Waals surface area (Å²) in [5, 5.41) is 4.24. The molecule has 1 atom stereocenters. The number of carbonyl (C=O) groups is 2. The summed E-state index contributed by atoms with van der Waals surface area (Å²) >= 11 is 0. The lowest BCUT2D eigenvalue weighted by molar-refractivity contribution is -0.153. The van der Waals surface area contributed by atoms with Crippen LogP contribution in [0.4, 0.5) is 10.6 Å². The van der Waals surface area contributed by atoms with Crippen molar-refractivity contribution in [2.75, 3.05) is 11.4 Å². The summed E-state index contributed by atoms with van der Waals surface area (Å²) in [6.07, 6.45) is 5.65. The fourth-order valence-corrected chi connectivity index (χ4v) is 5.43. The van der Waals surface area contributed by atoms with E-state index in [2.05, 4.69) is 19.8 Å². The molecule has 1 amide bonds. The molecule has 0 aliphatic rings. The smallest absolute Gasteiger partial charge is 0.416 e. The number of hydrogen-bond acceptors (Lipinski definition) is 9. The lowest BCUT2D eigenvalue weighted by Gasteiger charge is -2.28. The molecule has 0 spiro atoms. The van der Waals surface area contributed by atoms with Crippen LogP contribution in [0.2, 0.25) is 0 Å². The fraction of sp³-hybridized carbons (Fsp3) is 0.344. The van der Waals surface area contributed by atoms with Crippen molar-refractivity contribution in [3.05, 3.63) is 96.7 Å². The molecule has 4 rings (SSSR count). The van der Waals surface area contributed by atoms with Gasteiger partial charge in [0.25, 0.3) is 0 Å². The highest BCUT2D eigenvalue weighted by Crippen LogP contribution is 2.25. The second-order valence-electron chi connectivity index (χ2n) is 12.3. The molecule has 0 fully saturated rings.